The van der Waals surface area contributed by atoms with Crippen LogP contribution in [0.4, 0.5) is 0 Å². The molecule has 0 saturated carbocycles. The molecule has 2 heteroatoms. The highest BCUT2D eigenvalue weighted by Gasteiger charge is 2.28. The zero-order valence-corrected chi connectivity index (χ0v) is 9.36. The molecule has 1 heterocycles. The Balaban J connectivity index is 1.97. The van der Waals surface area contributed by atoms with E-state index < -0.39 is 0 Å². The van der Waals surface area contributed by atoms with Gasteiger partial charge in [0.15, 0.2) is 0 Å². The molecule has 0 spiro atoms. The molecule has 1 fully saturated rings. The van der Waals surface area contributed by atoms with E-state index in [4.69, 9.17) is 0 Å². The highest BCUT2D eigenvalue weighted by molar-refractivity contribution is 8.00. The molecule has 1 nitrogen and oxygen atoms in total. The minimum Gasteiger partial charge on any atom is -0.304 e. The molecule has 1 aliphatic heterocycles. The van der Waals surface area contributed by atoms with Gasteiger partial charge in [-0.15, -0.1) is 11.8 Å². The first-order valence-electron chi connectivity index (χ1n) is 5.28. The molecule has 3 atom stereocenters. The molecule has 0 aromatic carbocycles. The van der Waals surface area contributed by atoms with Crippen LogP contribution in [0.3, 0.4) is 0 Å². The third-order valence-corrected chi connectivity index (χ3v) is 4.35. The summed E-state index contributed by atoms with van der Waals surface area (Å²) in [6, 6.07) is 0. The van der Waals surface area contributed by atoms with Crippen molar-refractivity contribution in [3.8, 4) is 0 Å². The van der Waals surface area contributed by atoms with Crippen LogP contribution in [0, 0.1) is 11.8 Å². The summed E-state index contributed by atoms with van der Waals surface area (Å²) in [7, 11) is 0. The monoisotopic (exact) mass is 197 g/mol. The van der Waals surface area contributed by atoms with Gasteiger partial charge in [0.1, 0.15) is 0 Å². The van der Waals surface area contributed by atoms with Crippen molar-refractivity contribution < 1.29 is 0 Å². The second-order valence-corrected chi connectivity index (χ2v) is 5.69. The lowest BCUT2D eigenvalue weighted by atomic mass is 9.83. The lowest BCUT2D eigenvalue weighted by Gasteiger charge is -2.29. The van der Waals surface area contributed by atoms with E-state index in [1.807, 2.05) is 0 Å². The van der Waals surface area contributed by atoms with Crippen LogP contribution in [0.2, 0.25) is 0 Å². The summed E-state index contributed by atoms with van der Waals surface area (Å²) in [5.74, 6) is 2.98. The largest absolute Gasteiger partial charge is 0.304 e. The van der Waals surface area contributed by atoms with Gasteiger partial charge in [-0.05, 0) is 31.6 Å². The number of rotatable bonds is 1. The quantitative estimate of drug-likeness (QED) is 0.649. The molecule has 0 amide bonds. The number of nitrogens with one attached hydrogen (secondary N) is 1. The maximum Gasteiger partial charge on any atom is 0.0564 e. The molecule has 2 rings (SSSR count). The standard InChI is InChI=1S/C11H19NS/c1-8-5-9(2)7-10(6-8)11-12-3-4-13-11/h5,8,10-12H,3-4,6-7H2,1-2H3. The van der Waals surface area contributed by atoms with E-state index in [2.05, 4.69) is 37.0 Å². The van der Waals surface area contributed by atoms with Crippen molar-refractivity contribution >= 4 is 11.8 Å². The molecule has 1 N–H and O–H groups in total. The van der Waals surface area contributed by atoms with Crippen LogP contribution in [-0.2, 0) is 0 Å². The van der Waals surface area contributed by atoms with Gasteiger partial charge in [0.05, 0.1) is 5.37 Å². The normalized spacial score (nSPS) is 40.5. The SMILES string of the molecule is CC1=CC(C)CC(C2NCCS2)C1. The lowest BCUT2D eigenvalue weighted by Crippen LogP contribution is -2.31. The van der Waals surface area contributed by atoms with Crippen LogP contribution in [0.1, 0.15) is 26.7 Å². The summed E-state index contributed by atoms with van der Waals surface area (Å²) < 4.78 is 0. The molecular formula is C11H19NS. The molecule has 13 heavy (non-hydrogen) atoms. The first kappa shape index (κ1) is 9.60. The van der Waals surface area contributed by atoms with Crippen LogP contribution < -0.4 is 5.32 Å². The second-order valence-electron chi connectivity index (χ2n) is 4.44. The van der Waals surface area contributed by atoms with Gasteiger partial charge in [0, 0.05) is 12.3 Å². The number of hydrogen-bond acceptors (Lipinski definition) is 2. The lowest BCUT2D eigenvalue weighted by molar-refractivity contribution is 0.371. The zero-order valence-electron chi connectivity index (χ0n) is 8.55. The maximum absolute atomic E-state index is 3.60. The maximum atomic E-state index is 3.60. The van der Waals surface area contributed by atoms with Crippen molar-refractivity contribution in [2.45, 2.75) is 32.1 Å². The zero-order chi connectivity index (χ0) is 9.26. The van der Waals surface area contributed by atoms with E-state index in [0.29, 0.717) is 0 Å². The van der Waals surface area contributed by atoms with Crippen molar-refractivity contribution in [3.63, 3.8) is 0 Å². The van der Waals surface area contributed by atoms with E-state index >= 15 is 0 Å². The van der Waals surface area contributed by atoms with Crippen LogP contribution in [0.5, 0.6) is 0 Å². The van der Waals surface area contributed by atoms with Gasteiger partial charge >= 0.3 is 0 Å². The summed E-state index contributed by atoms with van der Waals surface area (Å²) in [4.78, 5) is 0. The predicted molar refractivity (Wildman–Crippen MR) is 59.9 cm³/mol. The van der Waals surface area contributed by atoms with Gasteiger partial charge in [-0.1, -0.05) is 18.6 Å². The Morgan fingerprint density at radius 1 is 1.54 bits per heavy atom. The Kier molecular flexibility index (Phi) is 2.99. The molecule has 2 aliphatic rings. The third kappa shape index (κ3) is 2.29. The van der Waals surface area contributed by atoms with E-state index in [9.17, 15) is 0 Å². The second kappa shape index (κ2) is 4.05. The Hall–Kier alpha value is 0.0500. The Morgan fingerprint density at radius 2 is 2.38 bits per heavy atom. The fraction of sp³-hybridized carbons (Fsp3) is 0.818. The molecule has 1 aliphatic carbocycles. The first-order chi connectivity index (χ1) is 6.25. The van der Waals surface area contributed by atoms with Crippen molar-refractivity contribution in [1.82, 2.24) is 5.32 Å². The van der Waals surface area contributed by atoms with Gasteiger partial charge < -0.3 is 5.32 Å². The van der Waals surface area contributed by atoms with Gasteiger partial charge in [-0.2, -0.15) is 0 Å². The van der Waals surface area contributed by atoms with Crippen molar-refractivity contribution in [2.75, 3.05) is 12.3 Å². The number of allylic oxidation sites excluding steroid dienone is 2. The molecular weight excluding hydrogens is 178 g/mol. The van der Waals surface area contributed by atoms with Gasteiger partial charge in [-0.3, -0.25) is 0 Å². The molecule has 0 bridgehead atoms. The Morgan fingerprint density at radius 3 is 3.00 bits per heavy atom. The summed E-state index contributed by atoms with van der Waals surface area (Å²) in [5.41, 5.74) is 1.60. The van der Waals surface area contributed by atoms with E-state index in [-0.39, 0.29) is 0 Å². The van der Waals surface area contributed by atoms with Crippen LogP contribution in [0.15, 0.2) is 11.6 Å². The van der Waals surface area contributed by atoms with E-state index in [1.165, 1.54) is 25.1 Å². The average molecular weight is 197 g/mol. The minimum absolute atomic E-state index is 0.742. The van der Waals surface area contributed by atoms with Gasteiger partial charge in [-0.25, -0.2) is 0 Å². The Bertz CT molecular complexity index is 206. The van der Waals surface area contributed by atoms with Gasteiger partial charge in [0.2, 0.25) is 0 Å². The Labute approximate surface area is 85.4 Å². The smallest absolute Gasteiger partial charge is 0.0564 e. The van der Waals surface area contributed by atoms with Crippen molar-refractivity contribution in [3.05, 3.63) is 11.6 Å². The predicted octanol–water partition coefficient (Wildman–Crippen LogP) is 2.64. The van der Waals surface area contributed by atoms with Crippen molar-refractivity contribution in [1.29, 1.82) is 0 Å². The molecule has 0 aromatic rings. The van der Waals surface area contributed by atoms with Crippen molar-refractivity contribution in [2.24, 2.45) is 11.8 Å². The fourth-order valence-electron chi connectivity index (χ4n) is 2.58. The third-order valence-electron chi connectivity index (χ3n) is 3.00. The summed E-state index contributed by atoms with van der Waals surface area (Å²) in [6.07, 6.45) is 5.13. The highest BCUT2D eigenvalue weighted by atomic mass is 32.2. The summed E-state index contributed by atoms with van der Waals surface area (Å²) in [6.45, 7) is 5.83. The molecule has 3 unspecified atom stereocenters. The van der Waals surface area contributed by atoms with Crippen LogP contribution >= 0.6 is 11.8 Å². The molecule has 0 aromatic heterocycles. The van der Waals surface area contributed by atoms with E-state index in [0.717, 1.165) is 17.2 Å². The topological polar surface area (TPSA) is 12.0 Å². The number of hydrogen-bond donors (Lipinski definition) is 1. The van der Waals surface area contributed by atoms with Crippen LogP contribution in [0.25, 0.3) is 0 Å². The molecule has 0 radical (unpaired) electrons. The van der Waals surface area contributed by atoms with Crippen LogP contribution in [-0.4, -0.2) is 17.7 Å². The average Bonchev–Trinajstić information content (AvgIpc) is 2.53. The first-order valence-corrected chi connectivity index (χ1v) is 6.33. The van der Waals surface area contributed by atoms with Gasteiger partial charge in [0.25, 0.3) is 0 Å². The highest BCUT2D eigenvalue weighted by Crippen LogP contribution is 2.35. The fourth-order valence-corrected chi connectivity index (χ4v) is 3.78. The molecule has 74 valence electrons. The summed E-state index contributed by atoms with van der Waals surface area (Å²) >= 11 is 2.11. The molecule has 1 saturated heterocycles. The number of thioether (sulfide) groups is 1. The summed E-state index contributed by atoms with van der Waals surface area (Å²) in [5, 5.41) is 4.34. The minimum atomic E-state index is 0.742. The van der Waals surface area contributed by atoms with E-state index in [1.54, 1.807) is 5.57 Å².